The van der Waals surface area contributed by atoms with Crippen molar-refractivity contribution in [1.82, 2.24) is 15.3 Å². The summed E-state index contributed by atoms with van der Waals surface area (Å²) in [5.41, 5.74) is 4.05. The average molecular weight is 490 g/mol. The second kappa shape index (κ2) is 11.0. The first-order valence-electron chi connectivity index (χ1n) is 13.1. The first-order valence-corrected chi connectivity index (χ1v) is 13.1. The number of rotatable bonds is 8. The van der Waals surface area contributed by atoms with Crippen LogP contribution in [0.25, 0.3) is 11.0 Å². The highest BCUT2D eigenvalue weighted by molar-refractivity contribution is 5.82. The molecule has 4 N–H and O–H groups in total. The van der Waals surface area contributed by atoms with Crippen LogP contribution >= 0.6 is 0 Å². The van der Waals surface area contributed by atoms with E-state index in [9.17, 15) is 14.7 Å². The number of aromatic nitrogens is 2. The predicted octanol–water partition coefficient (Wildman–Crippen LogP) is 4.51. The minimum atomic E-state index is -0.775. The maximum atomic E-state index is 12.9. The molecule has 190 valence electrons. The van der Waals surface area contributed by atoms with Gasteiger partial charge in [-0.1, -0.05) is 30.3 Å². The van der Waals surface area contributed by atoms with Gasteiger partial charge >= 0.3 is 5.97 Å². The molecule has 1 atom stereocenters. The fourth-order valence-corrected chi connectivity index (χ4v) is 5.73. The van der Waals surface area contributed by atoms with Crippen LogP contribution < -0.4 is 15.5 Å². The van der Waals surface area contributed by atoms with E-state index in [1.165, 1.54) is 0 Å². The second-order valence-electron chi connectivity index (χ2n) is 10.2. The molecule has 0 bridgehead atoms. The van der Waals surface area contributed by atoms with Crippen LogP contribution in [-0.2, 0) is 9.59 Å². The van der Waals surface area contributed by atoms with Crippen molar-refractivity contribution in [2.24, 2.45) is 5.92 Å². The Hall–Kier alpha value is -3.55. The molecule has 0 saturated heterocycles. The van der Waals surface area contributed by atoms with E-state index in [0.717, 1.165) is 73.3 Å². The molecule has 1 aliphatic carbocycles. The lowest BCUT2D eigenvalue weighted by atomic mass is 9.86. The second-order valence-corrected chi connectivity index (χ2v) is 10.2. The fraction of sp³-hybridized carbons (Fsp3) is 0.464. The third kappa shape index (κ3) is 5.80. The minimum absolute atomic E-state index is 0.00452. The molecule has 0 radical (unpaired) electrons. The monoisotopic (exact) mass is 489 g/mol. The number of carbonyl (C=O) groups excluding carboxylic acids is 1. The van der Waals surface area contributed by atoms with E-state index in [1.807, 2.05) is 48.5 Å². The maximum absolute atomic E-state index is 12.9. The Labute approximate surface area is 211 Å². The van der Waals surface area contributed by atoms with E-state index >= 15 is 0 Å². The van der Waals surface area contributed by atoms with E-state index in [4.69, 9.17) is 0 Å². The largest absolute Gasteiger partial charge is 0.481 e. The summed E-state index contributed by atoms with van der Waals surface area (Å²) in [6, 6.07) is 16.4. The Balaban J connectivity index is 1.09. The van der Waals surface area contributed by atoms with Crippen molar-refractivity contribution in [1.29, 1.82) is 0 Å². The summed E-state index contributed by atoms with van der Waals surface area (Å²) in [5, 5.41) is 16.0. The number of carbonyl (C=O) groups is 2. The van der Waals surface area contributed by atoms with Crippen LogP contribution in [0.3, 0.4) is 0 Å². The van der Waals surface area contributed by atoms with Gasteiger partial charge in [0.05, 0.1) is 24.0 Å². The number of aromatic amines is 1. The molecule has 1 aromatic heterocycles. The van der Waals surface area contributed by atoms with Crippen LogP contribution in [0.2, 0.25) is 0 Å². The molecule has 5 rings (SSSR count). The molecule has 1 aliphatic heterocycles. The number of hydrogen-bond donors (Lipinski definition) is 4. The fourth-order valence-electron chi connectivity index (χ4n) is 5.73. The van der Waals surface area contributed by atoms with Crippen LogP contribution in [0.1, 0.15) is 56.4 Å². The summed E-state index contributed by atoms with van der Waals surface area (Å²) in [6.45, 7) is 1.77. The highest BCUT2D eigenvalue weighted by Crippen LogP contribution is 2.36. The van der Waals surface area contributed by atoms with Crippen LogP contribution in [0.15, 0.2) is 48.5 Å². The van der Waals surface area contributed by atoms with Crippen molar-refractivity contribution >= 4 is 34.5 Å². The Morgan fingerprint density at radius 2 is 1.81 bits per heavy atom. The zero-order valence-corrected chi connectivity index (χ0v) is 20.6. The molecule has 1 amide bonds. The third-order valence-electron chi connectivity index (χ3n) is 7.62. The highest BCUT2D eigenvalue weighted by Gasteiger charge is 2.26. The number of nitrogens with zero attached hydrogens (tertiary/aromatic N) is 2. The summed E-state index contributed by atoms with van der Waals surface area (Å²) in [6.07, 6.45) is 6.09. The third-order valence-corrected chi connectivity index (χ3v) is 7.62. The molecular formula is C28H35N5O3. The van der Waals surface area contributed by atoms with E-state index in [0.29, 0.717) is 25.0 Å². The standard InChI is InChI=1S/C28H35N5O3/c34-26(18-33-15-5-6-20(16-27(35)36)22-7-1-4-10-25(22)33)29-17-19-11-13-21(14-12-19)30-28-31-23-8-2-3-9-24(23)32-28/h1-4,7-10,19-21H,5-6,11-18H2,(H,29,34)(H,35,36)(H2,30,31,32). The van der Waals surface area contributed by atoms with Crippen LogP contribution in [0.4, 0.5) is 11.6 Å². The van der Waals surface area contributed by atoms with E-state index in [1.54, 1.807) is 0 Å². The number of carboxylic acids is 1. The van der Waals surface area contributed by atoms with E-state index < -0.39 is 5.97 Å². The molecule has 3 aromatic rings. The van der Waals surface area contributed by atoms with Gasteiger partial charge in [-0.3, -0.25) is 9.59 Å². The van der Waals surface area contributed by atoms with Gasteiger partial charge in [0, 0.05) is 24.8 Å². The number of nitrogens with one attached hydrogen (secondary N) is 3. The molecule has 1 unspecified atom stereocenters. The topological polar surface area (TPSA) is 110 Å². The van der Waals surface area contributed by atoms with Gasteiger partial charge in [-0.05, 0) is 74.1 Å². The molecular weight excluding hydrogens is 454 g/mol. The Bertz CT molecular complexity index is 1170. The van der Waals surface area contributed by atoms with Crippen molar-refractivity contribution < 1.29 is 14.7 Å². The number of imidazole rings is 1. The van der Waals surface area contributed by atoms with Gasteiger partial charge in [0.15, 0.2) is 0 Å². The van der Waals surface area contributed by atoms with E-state index in [-0.39, 0.29) is 18.2 Å². The summed E-state index contributed by atoms with van der Waals surface area (Å²) >= 11 is 0. The smallest absolute Gasteiger partial charge is 0.303 e. The van der Waals surface area contributed by atoms with Gasteiger partial charge in [0.25, 0.3) is 0 Å². The molecule has 2 aliphatic rings. The Morgan fingerprint density at radius 3 is 2.61 bits per heavy atom. The summed E-state index contributed by atoms with van der Waals surface area (Å²) in [4.78, 5) is 34.3. The number of carboxylic acid groups (broad SMARTS) is 1. The van der Waals surface area contributed by atoms with Gasteiger partial charge in [0.2, 0.25) is 11.9 Å². The van der Waals surface area contributed by atoms with Crippen LogP contribution in [0.5, 0.6) is 0 Å². The number of para-hydroxylation sites is 3. The number of fused-ring (bicyclic) bond motifs is 2. The van der Waals surface area contributed by atoms with Crippen molar-refractivity contribution in [2.75, 3.05) is 29.9 Å². The van der Waals surface area contributed by atoms with Crippen molar-refractivity contribution in [2.45, 2.75) is 56.9 Å². The molecule has 1 fully saturated rings. The average Bonchev–Trinajstić information content (AvgIpc) is 3.21. The Kier molecular flexibility index (Phi) is 7.39. The SMILES string of the molecule is O=C(O)CC1CCCN(CC(=O)NCC2CCC(Nc3nc4ccccc4[nH]3)CC2)c2ccccc21. The van der Waals surface area contributed by atoms with Crippen molar-refractivity contribution in [3.05, 3.63) is 54.1 Å². The number of hydrogen-bond acceptors (Lipinski definition) is 5. The van der Waals surface area contributed by atoms with Gasteiger partial charge in [0.1, 0.15) is 0 Å². The van der Waals surface area contributed by atoms with E-state index in [2.05, 4.69) is 25.5 Å². The van der Waals surface area contributed by atoms with Crippen LogP contribution in [-0.4, -0.2) is 52.6 Å². The lowest BCUT2D eigenvalue weighted by molar-refractivity contribution is -0.137. The molecule has 2 aromatic carbocycles. The van der Waals surface area contributed by atoms with Gasteiger partial charge in [-0.2, -0.15) is 0 Å². The summed E-state index contributed by atoms with van der Waals surface area (Å²) in [7, 11) is 0. The molecule has 36 heavy (non-hydrogen) atoms. The van der Waals surface area contributed by atoms with Gasteiger partial charge < -0.3 is 25.6 Å². The minimum Gasteiger partial charge on any atom is -0.481 e. The lowest BCUT2D eigenvalue weighted by Crippen LogP contribution is -2.40. The highest BCUT2D eigenvalue weighted by atomic mass is 16.4. The lowest BCUT2D eigenvalue weighted by Gasteiger charge is -2.29. The van der Waals surface area contributed by atoms with Crippen molar-refractivity contribution in [3.8, 4) is 0 Å². The summed E-state index contributed by atoms with van der Waals surface area (Å²) < 4.78 is 0. The van der Waals surface area contributed by atoms with Crippen molar-refractivity contribution in [3.63, 3.8) is 0 Å². The van der Waals surface area contributed by atoms with Gasteiger partial charge in [-0.25, -0.2) is 4.98 Å². The predicted molar refractivity (Wildman–Crippen MR) is 141 cm³/mol. The first-order chi connectivity index (χ1) is 17.5. The number of aliphatic carboxylic acids is 1. The zero-order chi connectivity index (χ0) is 24.9. The van der Waals surface area contributed by atoms with Crippen LogP contribution in [0, 0.1) is 5.92 Å². The quantitative estimate of drug-likeness (QED) is 0.371. The number of anilines is 2. The molecule has 1 saturated carbocycles. The number of benzene rings is 2. The normalized spacial score (nSPS) is 22.0. The Morgan fingerprint density at radius 1 is 1.03 bits per heavy atom. The molecule has 8 nitrogen and oxygen atoms in total. The molecule has 2 heterocycles. The number of amides is 1. The number of H-pyrrole nitrogens is 1. The maximum Gasteiger partial charge on any atom is 0.303 e. The molecule has 0 spiro atoms. The summed E-state index contributed by atoms with van der Waals surface area (Å²) in [5.74, 6) is 0.568. The van der Waals surface area contributed by atoms with Gasteiger partial charge in [-0.15, -0.1) is 0 Å². The first kappa shape index (κ1) is 24.2. The molecule has 8 heteroatoms. The zero-order valence-electron chi connectivity index (χ0n) is 20.6.